The zero-order valence-electron chi connectivity index (χ0n) is 9.57. The first kappa shape index (κ1) is 13.6. The number of carboxylic acid groups (broad SMARTS) is 1. The Bertz CT molecular complexity index is 403. The smallest absolute Gasteiger partial charge is 0.328 e. The summed E-state index contributed by atoms with van der Waals surface area (Å²) in [5.74, 6) is -1.87. The largest absolute Gasteiger partial charge is 0.480 e. The minimum atomic E-state index is -1.48. The van der Waals surface area contributed by atoms with Gasteiger partial charge in [-0.15, -0.1) is 11.3 Å². The van der Waals surface area contributed by atoms with Crippen LogP contribution in [0.4, 0.5) is 4.39 Å². The number of carbonyl (C=O) groups excluding carboxylic acids is 1. The van der Waals surface area contributed by atoms with Crippen molar-refractivity contribution in [1.82, 2.24) is 5.32 Å². The minimum absolute atomic E-state index is 0.495. The van der Waals surface area contributed by atoms with Crippen molar-refractivity contribution in [2.24, 2.45) is 0 Å². The quantitative estimate of drug-likeness (QED) is 0.843. The van der Waals surface area contributed by atoms with Gasteiger partial charge in [0.15, 0.2) is 6.04 Å². The number of hydrogen-bond donors (Lipinski definition) is 2. The van der Waals surface area contributed by atoms with Crippen molar-refractivity contribution in [3.63, 3.8) is 0 Å². The molecule has 1 amide bonds. The number of thiophene rings is 1. The van der Waals surface area contributed by atoms with E-state index in [0.29, 0.717) is 0 Å². The van der Waals surface area contributed by atoms with Gasteiger partial charge in [-0.2, -0.15) is 0 Å². The van der Waals surface area contributed by atoms with Gasteiger partial charge in [0.05, 0.1) is 5.41 Å². The van der Waals surface area contributed by atoms with Crippen LogP contribution in [0.15, 0.2) is 17.5 Å². The molecule has 0 saturated carbocycles. The summed E-state index contributed by atoms with van der Waals surface area (Å²) in [7, 11) is 0. The Morgan fingerprint density at radius 2 is 2.24 bits per heavy atom. The van der Waals surface area contributed by atoms with E-state index in [4.69, 9.17) is 5.11 Å². The van der Waals surface area contributed by atoms with E-state index >= 15 is 0 Å². The lowest BCUT2D eigenvalue weighted by atomic mass is 9.90. The average molecular weight is 259 g/mol. The van der Waals surface area contributed by atoms with Crippen LogP contribution in [0.1, 0.15) is 18.7 Å². The van der Waals surface area contributed by atoms with Gasteiger partial charge in [0.25, 0.3) is 0 Å². The number of alkyl halides is 1. The summed E-state index contributed by atoms with van der Waals surface area (Å²) >= 11 is 1.40. The van der Waals surface area contributed by atoms with Crippen molar-refractivity contribution in [2.75, 3.05) is 6.67 Å². The molecule has 6 heteroatoms. The van der Waals surface area contributed by atoms with Crippen molar-refractivity contribution in [3.05, 3.63) is 22.4 Å². The highest BCUT2D eigenvalue weighted by atomic mass is 32.1. The van der Waals surface area contributed by atoms with Crippen molar-refractivity contribution in [2.45, 2.75) is 25.3 Å². The molecule has 1 atom stereocenters. The summed E-state index contributed by atoms with van der Waals surface area (Å²) < 4.78 is 12.4. The first-order chi connectivity index (χ1) is 7.89. The van der Waals surface area contributed by atoms with E-state index < -0.39 is 30.0 Å². The van der Waals surface area contributed by atoms with Gasteiger partial charge in [-0.25, -0.2) is 9.18 Å². The van der Waals surface area contributed by atoms with Crippen LogP contribution in [0.3, 0.4) is 0 Å². The van der Waals surface area contributed by atoms with Crippen LogP contribution in [0.25, 0.3) is 0 Å². The molecule has 0 bridgehead atoms. The van der Waals surface area contributed by atoms with E-state index in [9.17, 15) is 14.0 Å². The second-order valence-corrected chi connectivity index (χ2v) is 5.07. The first-order valence-electron chi connectivity index (χ1n) is 5.03. The lowest BCUT2D eigenvalue weighted by Crippen LogP contribution is -2.49. The number of amides is 1. The van der Waals surface area contributed by atoms with Gasteiger partial charge in [-0.05, 0) is 25.3 Å². The second-order valence-electron chi connectivity index (χ2n) is 4.12. The van der Waals surface area contributed by atoms with E-state index in [-0.39, 0.29) is 0 Å². The third-order valence-electron chi connectivity index (χ3n) is 2.46. The van der Waals surface area contributed by atoms with Crippen LogP contribution in [0, 0.1) is 0 Å². The Balaban J connectivity index is 2.79. The summed E-state index contributed by atoms with van der Waals surface area (Å²) in [6.07, 6.45) is 0. The molecule has 1 aromatic rings. The highest BCUT2D eigenvalue weighted by Gasteiger charge is 2.33. The normalized spacial score (nSPS) is 13.1. The lowest BCUT2D eigenvalue weighted by molar-refractivity contribution is -0.143. The van der Waals surface area contributed by atoms with Crippen molar-refractivity contribution >= 4 is 23.2 Å². The molecule has 1 unspecified atom stereocenters. The molecule has 1 aromatic heterocycles. The maximum atomic E-state index is 12.4. The molecule has 1 heterocycles. The van der Waals surface area contributed by atoms with Gasteiger partial charge in [0, 0.05) is 4.88 Å². The SMILES string of the molecule is CC(C)(C(=O)NC(CF)C(=O)O)c1cccs1. The molecular formula is C11H14FNO3S. The molecule has 17 heavy (non-hydrogen) atoms. The van der Waals surface area contributed by atoms with E-state index in [2.05, 4.69) is 5.32 Å². The number of carbonyl (C=O) groups is 2. The van der Waals surface area contributed by atoms with Crippen LogP contribution in [-0.2, 0) is 15.0 Å². The number of rotatable bonds is 5. The zero-order valence-corrected chi connectivity index (χ0v) is 10.4. The molecule has 0 saturated heterocycles. The molecule has 94 valence electrons. The highest BCUT2D eigenvalue weighted by Crippen LogP contribution is 2.27. The fourth-order valence-corrected chi connectivity index (χ4v) is 2.10. The summed E-state index contributed by atoms with van der Waals surface area (Å²) in [4.78, 5) is 23.3. The molecule has 0 fully saturated rings. The lowest BCUT2D eigenvalue weighted by Gasteiger charge is -2.24. The van der Waals surface area contributed by atoms with Crippen LogP contribution in [0.5, 0.6) is 0 Å². The standard InChI is InChI=1S/C11H14FNO3S/c1-11(2,8-4-3-5-17-8)10(16)13-7(6-12)9(14)15/h3-5,7H,6H2,1-2H3,(H,13,16)(H,14,15). The van der Waals surface area contributed by atoms with Crippen molar-refractivity contribution < 1.29 is 19.1 Å². The molecule has 4 nitrogen and oxygen atoms in total. The number of hydrogen-bond acceptors (Lipinski definition) is 3. The predicted octanol–water partition coefficient (Wildman–Crippen LogP) is 1.56. The topological polar surface area (TPSA) is 66.4 Å². The highest BCUT2D eigenvalue weighted by molar-refractivity contribution is 7.10. The summed E-state index contributed by atoms with van der Waals surface area (Å²) in [5.41, 5.74) is -0.864. The summed E-state index contributed by atoms with van der Waals surface area (Å²) in [6.45, 7) is 2.22. The molecule has 0 spiro atoms. The molecule has 0 aromatic carbocycles. The second kappa shape index (κ2) is 5.27. The molecule has 0 aliphatic heterocycles. The fourth-order valence-electron chi connectivity index (χ4n) is 1.25. The maximum Gasteiger partial charge on any atom is 0.328 e. The Labute approximate surface area is 102 Å². The van der Waals surface area contributed by atoms with Gasteiger partial charge in [0.2, 0.25) is 5.91 Å². The van der Waals surface area contributed by atoms with Crippen LogP contribution >= 0.6 is 11.3 Å². The summed E-state index contributed by atoms with van der Waals surface area (Å²) in [6, 6.07) is 2.11. The van der Waals surface area contributed by atoms with Crippen molar-refractivity contribution in [1.29, 1.82) is 0 Å². The molecule has 0 radical (unpaired) electrons. The third-order valence-corrected chi connectivity index (χ3v) is 3.66. The molecular weight excluding hydrogens is 245 g/mol. The number of nitrogens with one attached hydrogen (secondary N) is 1. The number of halogens is 1. The number of carboxylic acids is 1. The average Bonchev–Trinajstić information content (AvgIpc) is 2.78. The van der Waals surface area contributed by atoms with Gasteiger partial charge in [0.1, 0.15) is 6.67 Å². The van der Waals surface area contributed by atoms with Crippen LogP contribution in [-0.4, -0.2) is 29.7 Å². The van der Waals surface area contributed by atoms with E-state index in [1.54, 1.807) is 26.0 Å². The van der Waals surface area contributed by atoms with Crippen LogP contribution in [0.2, 0.25) is 0 Å². The van der Waals surface area contributed by atoms with Crippen molar-refractivity contribution in [3.8, 4) is 0 Å². The molecule has 1 rings (SSSR count). The zero-order chi connectivity index (χ0) is 13.1. The predicted molar refractivity (Wildman–Crippen MR) is 62.9 cm³/mol. The fraction of sp³-hybridized carbons (Fsp3) is 0.455. The van der Waals surface area contributed by atoms with Gasteiger partial charge in [-0.1, -0.05) is 6.07 Å². The Morgan fingerprint density at radius 3 is 2.65 bits per heavy atom. The Hall–Kier alpha value is -1.43. The van der Waals surface area contributed by atoms with Gasteiger partial charge in [-0.3, -0.25) is 4.79 Å². The number of aliphatic carboxylic acids is 1. The minimum Gasteiger partial charge on any atom is -0.480 e. The Kier molecular flexibility index (Phi) is 4.22. The van der Waals surface area contributed by atoms with E-state index in [1.165, 1.54) is 11.3 Å². The molecule has 0 aliphatic carbocycles. The van der Waals surface area contributed by atoms with Crippen LogP contribution < -0.4 is 5.32 Å². The maximum absolute atomic E-state index is 12.4. The molecule has 2 N–H and O–H groups in total. The van der Waals surface area contributed by atoms with Gasteiger partial charge < -0.3 is 10.4 Å². The third kappa shape index (κ3) is 3.03. The Morgan fingerprint density at radius 1 is 1.59 bits per heavy atom. The monoisotopic (exact) mass is 259 g/mol. The van der Waals surface area contributed by atoms with E-state index in [1.807, 2.05) is 5.38 Å². The van der Waals surface area contributed by atoms with E-state index in [0.717, 1.165) is 4.88 Å². The molecule has 0 aliphatic rings. The first-order valence-corrected chi connectivity index (χ1v) is 5.91. The van der Waals surface area contributed by atoms with Gasteiger partial charge >= 0.3 is 5.97 Å². The summed E-state index contributed by atoms with van der Waals surface area (Å²) in [5, 5.41) is 12.7.